The van der Waals surface area contributed by atoms with E-state index in [-0.39, 0.29) is 0 Å². The van der Waals surface area contributed by atoms with Crippen molar-refractivity contribution in [1.82, 2.24) is 0 Å². The Morgan fingerprint density at radius 1 is 1.38 bits per heavy atom. The fourth-order valence-electron chi connectivity index (χ4n) is 1.51. The maximum atomic E-state index is 5.37. The predicted octanol–water partition coefficient (Wildman–Crippen LogP) is 1.58. The van der Waals surface area contributed by atoms with Gasteiger partial charge in [-0.15, -0.1) is 0 Å². The van der Waals surface area contributed by atoms with Gasteiger partial charge in [0.15, 0.2) is 0 Å². The lowest BCUT2D eigenvalue weighted by atomic mass is 10.2. The minimum absolute atomic E-state index is 0.403. The highest BCUT2D eigenvalue weighted by molar-refractivity contribution is 5.06. The van der Waals surface area contributed by atoms with Gasteiger partial charge in [-0.1, -0.05) is 0 Å². The van der Waals surface area contributed by atoms with Crippen molar-refractivity contribution in [3.05, 3.63) is 0 Å². The van der Waals surface area contributed by atoms with E-state index in [9.17, 15) is 0 Å². The predicted molar refractivity (Wildman–Crippen MR) is 31.7 cm³/mol. The monoisotopic (exact) mass is 112 g/mol. The number of ether oxygens (including phenoxy) is 1. The summed E-state index contributed by atoms with van der Waals surface area (Å²) in [5, 5.41) is 0. The van der Waals surface area contributed by atoms with Crippen molar-refractivity contribution >= 4 is 0 Å². The Hall–Kier alpha value is -0.0400. The average molecular weight is 112 g/mol. The van der Waals surface area contributed by atoms with Crippen LogP contribution in [-0.2, 0) is 4.74 Å². The molecule has 0 atom stereocenters. The van der Waals surface area contributed by atoms with Crippen LogP contribution in [-0.4, -0.2) is 12.7 Å². The minimum Gasteiger partial charge on any atom is -0.378 e. The summed E-state index contributed by atoms with van der Waals surface area (Å²) in [6.45, 7) is 0. The lowest BCUT2D eigenvalue weighted by Crippen LogP contribution is -2.13. The Labute approximate surface area is 50.0 Å². The van der Waals surface area contributed by atoms with E-state index in [1.54, 1.807) is 0 Å². The van der Waals surface area contributed by atoms with Crippen LogP contribution >= 0.6 is 0 Å². The average Bonchev–Trinajstić information content (AvgIpc) is 2.63. The van der Waals surface area contributed by atoms with Gasteiger partial charge in [0.25, 0.3) is 0 Å². The van der Waals surface area contributed by atoms with Gasteiger partial charge in [0, 0.05) is 7.11 Å². The molecular weight excluding hydrogens is 100 g/mol. The van der Waals surface area contributed by atoms with Crippen molar-refractivity contribution in [2.45, 2.75) is 31.3 Å². The minimum atomic E-state index is 0.403. The maximum Gasteiger partial charge on any atom is 0.0708 e. The molecule has 0 aromatic heterocycles. The quantitative estimate of drug-likeness (QED) is 0.527. The molecule has 1 heteroatoms. The SMILES string of the molecule is COC1(C2CC2)CC1. The van der Waals surface area contributed by atoms with Gasteiger partial charge in [-0.2, -0.15) is 0 Å². The Balaban J connectivity index is 1.99. The molecule has 0 radical (unpaired) electrons. The van der Waals surface area contributed by atoms with Crippen molar-refractivity contribution in [3.63, 3.8) is 0 Å². The molecule has 0 aliphatic heterocycles. The first-order valence-corrected chi connectivity index (χ1v) is 3.42. The molecule has 0 amide bonds. The molecule has 2 fully saturated rings. The van der Waals surface area contributed by atoms with Crippen LogP contribution in [0.1, 0.15) is 25.7 Å². The van der Waals surface area contributed by atoms with Crippen LogP contribution in [0.15, 0.2) is 0 Å². The van der Waals surface area contributed by atoms with E-state index in [0.717, 1.165) is 5.92 Å². The zero-order valence-corrected chi connectivity index (χ0v) is 5.31. The first kappa shape index (κ1) is 4.80. The van der Waals surface area contributed by atoms with Gasteiger partial charge in [0.05, 0.1) is 5.60 Å². The van der Waals surface area contributed by atoms with Crippen molar-refractivity contribution in [3.8, 4) is 0 Å². The van der Waals surface area contributed by atoms with E-state index in [4.69, 9.17) is 4.74 Å². The molecule has 0 saturated heterocycles. The van der Waals surface area contributed by atoms with Crippen molar-refractivity contribution in [2.75, 3.05) is 7.11 Å². The topological polar surface area (TPSA) is 9.23 Å². The standard InChI is InChI=1S/C7H12O/c1-8-7(4-5-7)6-2-3-6/h6H,2-5H2,1H3. The molecule has 0 bridgehead atoms. The summed E-state index contributed by atoms with van der Waals surface area (Å²) in [4.78, 5) is 0. The molecule has 0 heterocycles. The second kappa shape index (κ2) is 1.27. The van der Waals surface area contributed by atoms with Crippen molar-refractivity contribution in [1.29, 1.82) is 0 Å². The first-order chi connectivity index (χ1) is 3.87. The van der Waals surface area contributed by atoms with Gasteiger partial charge < -0.3 is 4.74 Å². The third-order valence-corrected chi connectivity index (χ3v) is 2.47. The summed E-state index contributed by atoms with van der Waals surface area (Å²) in [5.41, 5.74) is 0.403. The second-order valence-electron chi connectivity index (χ2n) is 3.04. The molecule has 0 unspecified atom stereocenters. The molecule has 0 N–H and O–H groups in total. The lowest BCUT2D eigenvalue weighted by molar-refractivity contribution is 0.0614. The normalized spacial score (nSPS) is 32.6. The fourth-order valence-corrected chi connectivity index (χ4v) is 1.51. The van der Waals surface area contributed by atoms with Crippen LogP contribution in [0.5, 0.6) is 0 Å². The van der Waals surface area contributed by atoms with Crippen molar-refractivity contribution in [2.24, 2.45) is 5.92 Å². The first-order valence-electron chi connectivity index (χ1n) is 3.42. The lowest BCUT2D eigenvalue weighted by Gasteiger charge is -2.09. The largest absolute Gasteiger partial charge is 0.378 e. The molecule has 46 valence electrons. The van der Waals surface area contributed by atoms with Crippen molar-refractivity contribution < 1.29 is 4.74 Å². The molecule has 2 aliphatic carbocycles. The van der Waals surface area contributed by atoms with E-state index in [1.807, 2.05) is 7.11 Å². The van der Waals surface area contributed by atoms with Crippen LogP contribution < -0.4 is 0 Å². The Morgan fingerprint density at radius 2 is 2.00 bits per heavy atom. The van der Waals surface area contributed by atoms with Gasteiger partial charge in [-0.3, -0.25) is 0 Å². The molecule has 1 nitrogen and oxygen atoms in total. The van der Waals surface area contributed by atoms with E-state index in [0.29, 0.717) is 5.60 Å². The molecule has 2 aliphatic rings. The highest BCUT2D eigenvalue weighted by Crippen LogP contribution is 2.55. The van der Waals surface area contributed by atoms with E-state index < -0.39 is 0 Å². The fraction of sp³-hybridized carbons (Fsp3) is 1.00. The number of hydrogen-bond donors (Lipinski definition) is 0. The van der Waals surface area contributed by atoms with E-state index in [1.165, 1.54) is 25.7 Å². The van der Waals surface area contributed by atoms with Crippen LogP contribution in [0.4, 0.5) is 0 Å². The number of hydrogen-bond acceptors (Lipinski definition) is 1. The highest BCUT2D eigenvalue weighted by Gasteiger charge is 2.54. The summed E-state index contributed by atoms with van der Waals surface area (Å²) in [6, 6.07) is 0. The summed E-state index contributed by atoms with van der Waals surface area (Å²) in [7, 11) is 1.85. The van der Waals surface area contributed by atoms with Crippen LogP contribution in [0.25, 0.3) is 0 Å². The Bertz CT molecular complexity index is 101. The maximum absolute atomic E-state index is 5.37. The smallest absolute Gasteiger partial charge is 0.0708 e. The van der Waals surface area contributed by atoms with Gasteiger partial charge in [0.2, 0.25) is 0 Å². The summed E-state index contributed by atoms with van der Waals surface area (Å²) >= 11 is 0. The number of methoxy groups -OCH3 is 1. The van der Waals surface area contributed by atoms with Crippen LogP contribution in [0, 0.1) is 5.92 Å². The molecule has 2 saturated carbocycles. The molecule has 2 rings (SSSR count). The molecule has 0 aromatic carbocycles. The second-order valence-corrected chi connectivity index (χ2v) is 3.04. The molecule has 8 heavy (non-hydrogen) atoms. The summed E-state index contributed by atoms with van der Waals surface area (Å²) in [5.74, 6) is 0.951. The Kier molecular flexibility index (Phi) is 0.762. The van der Waals surface area contributed by atoms with Gasteiger partial charge >= 0.3 is 0 Å². The summed E-state index contributed by atoms with van der Waals surface area (Å²) < 4.78 is 5.37. The third-order valence-electron chi connectivity index (χ3n) is 2.47. The van der Waals surface area contributed by atoms with Crippen LogP contribution in [0.3, 0.4) is 0 Å². The van der Waals surface area contributed by atoms with Gasteiger partial charge in [-0.25, -0.2) is 0 Å². The molecule has 0 spiro atoms. The van der Waals surface area contributed by atoms with E-state index >= 15 is 0 Å². The van der Waals surface area contributed by atoms with Crippen LogP contribution in [0.2, 0.25) is 0 Å². The summed E-state index contributed by atoms with van der Waals surface area (Å²) in [6.07, 6.45) is 5.50. The zero-order valence-electron chi connectivity index (χ0n) is 5.31. The van der Waals surface area contributed by atoms with Gasteiger partial charge in [0.1, 0.15) is 0 Å². The molecular formula is C7H12O. The number of rotatable bonds is 2. The third kappa shape index (κ3) is 0.510. The Morgan fingerprint density at radius 3 is 2.12 bits per heavy atom. The zero-order chi connectivity index (χ0) is 5.61. The highest BCUT2D eigenvalue weighted by atomic mass is 16.5. The molecule has 0 aromatic rings. The van der Waals surface area contributed by atoms with E-state index in [2.05, 4.69) is 0 Å². The van der Waals surface area contributed by atoms with Gasteiger partial charge in [-0.05, 0) is 31.6 Å².